The Kier molecular flexibility index (Phi) is 1.74. The van der Waals surface area contributed by atoms with Crippen molar-refractivity contribution in [2.24, 2.45) is 5.73 Å². The summed E-state index contributed by atoms with van der Waals surface area (Å²) < 4.78 is 4.55. The summed E-state index contributed by atoms with van der Waals surface area (Å²) in [4.78, 5) is 0. The summed E-state index contributed by atoms with van der Waals surface area (Å²) in [5.74, 6) is 0.434. The molecule has 1 heterocycles. The molecule has 0 spiro atoms. The Morgan fingerprint density at radius 3 is 2.62 bits per heavy atom. The largest absolute Gasteiger partial charge is 0.354 e. The Labute approximate surface area is 57.2 Å². The molecule has 0 amide bonds. The predicted molar refractivity (Wildman–Crippen MR) is 35.5 cm³/mol. The van der Waals surface area contributed by atoms with E-state index < -0.39 is 5.12 Å². The third kappa shape index (κ3) is 1.11. The van der Waals surface area contributed by atoms with E-state index in [1.54, 1.807) is 0 Å². The second-order valence-corrected chi connectivity index (χ2v) is 2.87. The summed E-state index contributed by atoms with van der Waals surface area (Å²) in [6, 6.07) is -0.379. The monoisotopic (exact) mass is 153 g/mol. The third-order valence-corrected chi connectivity index (χ3v) is 2.12. The second-order valence-electron chi connectivity index (χ2n) is 1.59. The van der Waals surface area contributed by atoms with Crippen LogP contribution in [0.2, 0.25) is 0 Å². The minimum Gasteiger partial charge on any atom is -0.354 e. The van der Waals surface area contributed by atoms with Crippen LogP contribution in [0.25, 0.3) is 0 Å². The molecule has 0 aromatic carbocycles. The molecule has 1 aliphatic heterocycles. The quantitative estimate of drug-likeness (QED) is 0.286. The molecule has 5 heteroatoms. The Hall–Kier alpha value is 0.580. The first-order chi connectivity index (χ1) is 3.69. The van der Waals surface area contributed by atoms with Crippen molar-refractivity contribution in [1.82, 2.24) is 0 Å². The Balaban J connectivity index is 2.34. The average Bonchev–Trinajstić information content (AvgIpc) is 2.47. The van der Waals surface area contributed by atoms with Crippen LogP contribution in [-0.2, 0) is 4.18 Å². The van der Waals surface area contributed by atoms with Crippen LogP contribution in [0, 0.1) is 0 Å². The van der Waals surface area contributed by atoms with Crippen LogP contribution in [0.3, 0.4) is 0 Å². The molecule has 0 saturated carbocycles. The molecule has 1 saturated heterocycles. The molecule has 8 heavy (non-hydrogen) atoms. The maximum Gasteiger partial charge on any atom is 0.269 e. The van der Waals surface area contributed by atoms with E-state index in [0.717, 1.165) is 12.0 Å². The molecule has 48 valence electrons. The van der Waals surface area contributed by atoms with Crippen LogP contribution >= 0.6 is 24.7 Å². The van der Waals surface area contributed by atoms with Gasteiger partial charge in [0.15, 0.2) is 0 Å². The first kappa shape index (κ1) is 6.70. The van der Waals surface area contributed by atoms with Crippen molar-refractivity contribution in [2.45, 2.75) is 11.2 Å². The van der Waals surface area contributed by atoms with E-state index >= 15 is 0 Å². The van der Waals surface area contributed by atoms with Crippen molar-refractivity contribution < 1.29 is 9.29 Å². The zero-order chi connectivity index (χ0) is 6.20. The molecule has 0 aromatic heterocycles. The van der Waals surface area contributed by atoms with E-state index in [4.69, 9.17) is 10.8 Å². The number of thiol groups is 1. The number of hydrogen-bond acceptors (Lipinski definition) is 5. The van der Waals surface area contributed by atoms with E-state index in [9.17, 15) is 0 Å². The molecule has 2 atom stereocenters. The first-order valence-electron chi connectivity index (χ1n) is 2.15. The molecule has 0 bridgehead atoms. The van der Waals surface area contributed by atoms with Crippen molar-refractivity contribution in [3.05, 3.63) is 0 Å². The van der Waals surface area contributed by atoms with Gasteiger partial charge in [0.25, 0.3) is 5.12 Å². The van der Waals surface area contributed by atoms with Crippen LogP contribution in [0.15, 0.2) is 0 Å². The van der Waals surface area contributed by atoms with Gasteiger partial charge >= 0.3 is 0 Å². The van der Waals surface area contributed by atoms with E-state index in [1.807, 2.05) is 0 Å². The summed E-state index contributed by atoms with van der Waals surface area (Å²) in [5.41, 5.74) is 5.34. The van der Waals surface area contributed by atoms with Gasteiger partial charge in [-0.2, -0.15) is 12.6 Å². The molecule has 1 unspecified atom stereocenters. The summed E-state index contributed by atoms with van der Waals surface area (Å²) >= 11 is 4.86. The van der Waals surface area contributed by atoms with Crippen LogP contribution in [0.5, 0.6) is 0 Å². The van der Waals surface area contributed by atoms with Crippen LogP contribution in [-0.4, -0.2) is 22.0 Å². The zero-order valence-corrected chi connectivity index (χ0v) is 5.78. The van der Waals surface area contributed by atoms with Gasteiger partial charge in [0.2, 0.25) is 0 Å². The highest BCUT2D eigenvalue weighted by Crippen LogP contribution is 2.46. The summed E-state index contributed by atoms with van der Waals surface area (Å²) in [6.45, 7) is 0. The molecule has 0 radical (unpaired) electrons. The second kappa shape index (κ2) is 2.07. The molecular formula is C3H7NO2S2. The molecule has 0 aliphatic carbocycles. The van der Waals surface area contributed by atoms with Gasteiger partial charge in [-0.1, -0.05) is 0 Å². The first-order valence-corrected chi connectivity index (χ1v) is 3.52. The lowest BCUT2D eigenvalue weighted by Crippen LogP contribution is -2.37. The number of rotatable bonds is 2. The number of aliphatic hydroxyl groups is 1. The fraction of sp³-hybridized carbons (Fsp3) is 1.00. The number of hydrogen-bond donors (Lipinski definition) is 3. The van der Waals surface area contributed by atoms with E-state index in [0.29, 0.717) is 5.75 Å². The molecule has 1 rings (SSSR count). The summed E-state index contributed by atoms with van der Waals surface area (Å²) in [7, 11) is 0. The van der Waals surface area contributed by atoms with Crippen molar-refractivity contribution in [2.75, 3.05) is 5.75 Å². The van der Waals surface area contributed by atoms with Crippen molar-refractivity contribution in [1.29, 1.82) is 0 Å². The standard InChI is InChI=1S/C3H7NO2S2/c4-2(1-7)3(5)6-8-3/h2,5,7H,1,4H2/t2-,3?/m0/s1. The summed E-state index contributed by atoms with van der Waals surface area (Å²) in [6.07, 6.45) is 0. The van der Waals surface area contributed by atoms with Crippen molar-refractivity contribution in [3.63, 3.8) is 0 Å². The SMILES string of the molecule is N[C@@H](CS)C1(O)OS1. The minimum atomic E-state index is -1.12. The smallest absolute Gasteiger partial charge is 0.269 e. The van der Waals surface area contributed by atoms with Gasteiger partial charge in [-0.25, -0.2) is 0 Å². The molecule has 1 fully saturated rings. The third-order valence-electron chi connectivity index (χ3n) is 0.919. The van der Waals surface area contributed by atoms with Crippen molar-refractivity contribution >= 4 is 24.7 Å². The van der Waals surface area contributed by atoms with E-state index in [1.165, 1.54) is 0 Å². The topological polar surface area (TPSA) is 58.8 Å². The lowest BCUT2D eigenvalue weighted by molar-refractivity contribution is 0.0198. The maximum atomic E-state index is 8.96. The molecular weight excluding hydrogens is 146 g/mol. The van der Waals surface area contributed by atoms with Crippen LogP contribution in [0.1, 0.15) is 0 Å². The van der Waals surface area contributed by atoms with Gasteiger partial charge < -0.3 is 10.8 Å². The molecule has 0 aromatic rings. The van der Waals surface area contributed by atoms with Gasteiger partial charge in [0.1, 0.15) is 0 Å². The lowest BCUT2D eigenvalue weighted by Gasteiger charge is -2.07. The Morgan fingerprint density at radius 2 is 2.50 bits per heavy atom. The van der Waals surface area contributed by atoms with Gasteiger partial charge in [-0.05, 0) is 0 Å². The highest BCUT2D eigenvalue weighted by molar-refractivity contribution is 8.01. The minimum absolute atomic E-state index is 0.379. The summed E-state index contributed by atoms with van der Waals surface area (Å²) in [5, 5.41) is 7.84. The average molecular weight is 153 g/mol. The van der Waals surface area contributed by atoms with Crippen molar-refractivity contribution in [3.8, 4) is 0 Å². The Morgan fingerprint density at radius 1 is 2.00 bits per heavy atom. The lowest BCUT2D eigenvalue weighted by atomic mass is 10.3. The van der Waals surface area contributed by atoms with E-state index in [-0.39, 0.29) is 6.04 Å². The number of nitrogens with two attached hydrogens (primary N) is 1. The zero-order valence-electron chi connectivity index (χ0n) is 4.07. The predicted octanol–water partition coefficient (Wildman–Crippen LogP) is -0.432. The normalized spacial score (nSPS) is 39.4. The Bertz CT molecular complexity index is 95.3. The fourth-order valence-electron chi connectivity index (χ4n) is 0.282. The van der Waals surface area contributed by atoms with Crippen LogP contribution < -0.4 is 5.73 Å². The van der Waals surface area contributed by atoms with Crippen LogP contribution in [0.4, 0.5) is 0 Å². The van der Waals surface area contributed by atoms with E-state index in [2.05, 4.69) is 16.8 Å². The van der Waals surface area contributed by atoms with Gasteiger partial charge in [-0.3, -0.25) is 4.18 Å². The highest BCUT2D eigenvalue weighted by atomic mass is 32.2. The van der Waals surface area contributed by atoms with Gasteiger partial charge in [0, 0.05) is 5.75 Å². The molecule has 1 aliphatic rings. The maximum absolute atomic E-state index is 8.96. The highest BCUT2D eigenvalue weighted by Gasteiger charge is 2.50. The molecule has 3 nitrogen and oxygen atoms in total. The fourth-order valence-corrected chi connectivity index (χ4v) is 1.07. The van der Waals surface area contributed by atoms with Gasteiger partial charge in [-0.15, -0.1) is 0 Å². The molecule has 3 N–H and O–H groups in total. The van der Waals surface area contributed by atoms with Gasteiger partial charge in [0.05, 0.1) is 18.1 Å².